The van der Waals surface area contributed by atoms with Gasteiger partial charge < -0.3 is 28.0 Å². The molecule has 30 heavy (non-hydrogen) atoms. The fraction of sp³-hybridized carbons (Fsp3) is 0.769. The van der Waals surface area contributed by atoms with Crippen LogP contribution in [0.25, 0.3) is 0 Å². The monoisotopic (exact) mass is 440 g/mol. The van der Waals surface area contributed by atoms with E-state index in [9.17, 15) is 5.11 Å². The molecule has 1 aromatic rings. The summed E-state index contributed by atoms with van der Waals surface area (Å²) in [5.41, 5.74) is 7.27. The van der Waals surface area contributed by atoms with Gasteiger partial charge >= 0.3 is 0 Å². The molecule has 0 amide bonds. The Labute approximate surface area is 192 Å². The average Bonchev–Trinajstić information content (AvgIpc) is 2.66. The Balaban J connectivity index is 0.00000841. The molecule has 4 heteroatoms. The molecule has 0 spiro atoms. The molecule has 0 heterocycles. The second kappa shape index (κ2) is 16.6. The Morgan fingerprint density at radius 2 is 1.20 bits per heavy atom. The number of hydrogen-bond acceptors (Lipinski definition) is 3. The number of anilines is 1. The molecule has 0 aliphatic carbocycles. The van der Waals surface area contributed by atoms with Crippen molar-refractivity contribution in [3.63, 3.8) is 0 Å². The second-order valence-electron chi connectivity index (χ2n) is 9.60. The number of phenolic OH excluding ortho intramolecular Hbond substituents is 1. The van der Waals surface area contributed by atoms with E-state index in [1.54, 1.807) is 6.07 Å². The van der Waals surface area contributed by atoms with Gasteiger partial charge in [0.2, 0.25) is 0 Å². The highest BCUT2D eigenvalue weighted by molar-refractivity contribution is 5.59. The zero-order chi connectivity index (χ0) is 21.5. The van der Waals surface area contributed by atoms with Crippen molar-refractivity contribution in [2.45, 2.75) is 123 Å². The summed E-state index contributed by atoms with van der Waals surface area (Å²) in [7, 11) is 0. The summed E-state index contributed by atoms with van der Waals surface area (Å²) < 4.78 is 5.99. The summed E-state index contributed by atoms with van der Waals surface area (Å²) in [6, 6.07) is 3.51. The van der Waals surface area contributed by atoms with Crippen LogP contribution in [0.3, 0.4) is 0 Å². The van der Waals surface area contributed by atoms with Crippen molar-refractivity contribution in [1.29, 1.82) is 0 Å². The van der Waals surface area contributed by atoms with Gasteiger partial charge in [-0.2, -0.15) is 0 Å². The maximum absolute atomic E-state index is 9.91. The van der Waals surface area contributed by atoms with Gasteiger partial charge in [-0.15, -0.1) is 0 Å². The molecule has 3 N–H and O–H groups in total. The average molecular weight is 441 g/mol. The third-order valence-electron chi connectivity index (χ3n) is 5.69. The van der Waals surface area contributed by atoms with Gasteiger partial charge in [0.25, 0.3) is 0 Å². The number of rotatable bonds is 16. The van der Waals surface area contributed by atoms with Crippen molar-refractivity contribution >= 4 is 5.69 Å². The maximum atomic E-state index is 9.91. The number of phenols is 1. The van der Waals surface area contributed by atoms with Gasteiger partial charge in [0.15, 0.2) is 0 Å². The first kappa shape index (κ1) is 28.9. The van der Waals surface area contributed by atoms with E-state index < -0.39 is 0 Å². The van der Waals surface area contributed by atoms with Crippen LogP contribution in [0.5, 0.6) is 11.5 Å². The van der Waals surface area contributed by atoms with E-state index in [2.05, 4.69) is 27.7 Å². The SMILES string of the molecule is CCCCCCCCCCCCCCCCOc1cc(O)c(N)cc1C(C)(C)C.[Cl-]. The molecule has 0 saturated carbocycles. The van der Waals surface area contributed by atoms with Crippen LogP contribution in [-0.4, -0.2) is 11.7 Å². The third kappa shape index (κ3) is 12.6. The zero-order valence-corrected chi connectivity index (χ0v) is 20.8. The fourth-order valence-corrected chi connectivity index (χ4v) is 3.77. The van der Waals surface area contributed by atoms with Crippen molar-refractivity contribution < 1.29 is 22.3 Å². The van der Waals surface area contributed by atoms with Crippen LogP contribution >= 0.6 is 0 Å². The molecule has 0 aliphatic heterocycles. The van der Waals surface area contributed by atoms with Crippen LogP contribution in [0.4, 0.5) is 5.69 Å². The maximum Gasteiger partial charge on any atom is 0.142 e. The summed E-state index contributed by atoms with van der Waals surface area (Å²) in [5.74, 6) is 0.868. The number of ether oxygens (including phenoxy) is 1. The number of unbranched alkanes of at least 4 members (excludes halogenated alkanes) is 13. The standard InChI is InChI=1S/C26H47NO2.ClH/c1-5-6-7-8-9-10-11-12-13-14-15-16-17-18-19-29-25-21-24(28)23(27)20-22(25)26(2,3)4;/h20-21,28H,5-19,27H2,1-4H3;1H/p-1. The predicted octanol–water partition coefficient (Wildman–Crippen LogP) is 5.14. The highest BCUT2D eigenvalue weighted by atomic mass is 35.5. The molecule has 0 unspecified atom stereocenters. The summed E-state index contributed by atoms with van der Waals surface area (Å²) in [5, 5.41) is 9.91. The molecular formula is C26H47ClNO2-. The molecule has 1 rings (SSSR count). The van der Waals surface area contributed by atoms with Gasteiger partial charge in [-0.1, -0.05) is 111 Å². The van der Waals surface area contributed by atoms with E-state index in [0.717, 1.165) is 17.7 Å². The van der Waals surface area contributed by atoms with Crippen molar-refractivity contribution in [3.05, 3.63) is 17.7 Å². The summed E-state index contributed by atoms with van der Waals surface area (Å²) in [6.45, 7) is 9.39. The minimum absolute atomic E-state index is 0. The molecule has 176 valence electrons. The first-order chi connectivity index (χ1) is 13.9. The minimum Gasteiger partial charge on any atom is -1.00 e. The number of benzene rings is 1. The lowest BCUT2D eigenvalue weighted by molar-refractivity contribution is -0.00000834. The first-order valence-corrected chi connectivity index (χ1v) is 12.1. The van der Waals surface area contributed by atoms with E-state index in [1.165, 1.54) is 83.5 Å². The Kier molecular flexibility index (Phi) is 16.0. The largest absolute Gasteiger partial charge is 1.00 e. The lowest BCUT2D eigenvalue weighted by Crippen LogP contribution is -3.00. The van der Waals surface area contributed by atoms with E-state index in [1.807, 2.05) is 6.07 Å². The molecule has 0 aromatic heterocycles. The Bertz CT molecular complexity index is 555. The Hall–Kier alpha value is -1.09. The summed E-state index contributed by atoms with van der Waals surface area (Å²) in [4.78, 5) is 0. The Morgan fingerprint density at radius 3 is 1.63 bits per heavy atom. The molecular weight excluding hydrogens is 394 g/mol. The van der Waals surface area contributed by atoms with Crippen LogP contribution in [0.15, 0.2) is 12.1 Å². The van der Waals surface area contributed by atoms with Gasteiger partial charge in [-0.05, 0) is 17.9 Å². The van der Waals surface area contributed by atoms with Crippen LogP contribution in [0, 0.1) is 0 Å². The fourth-order valence-electron chi connectivity index (χ4n) is 3.77. The third-order valence-corrected chi connectivity index (χ3v) is 5.69. The smallest absolute Gasteiger partial charge is 0.142 e. The number of halogens is 1. The molecule has 0 aliphatic rings. The topological polar surface area (TPSA) is 55.5 Å². The molecule has 0 bridgehead atoms. The van der Waals surface area contributed by atoms with Crippen molar-refractivity contribution in [3.8, 4) is 11.5 Å². The number of hydrogen-bond donors (Lipinski definition) is 2. The van der Waals surface area contributed by atoms with Crippen molar-refractivity contribution in [2.75, 3.05) is 12.3 Å². The molecule has 0 saturated heterocycles. The zero-order valence-electron chi connectivity index (χ0n) is 20.1. The van der Waals surface area contributed by atoms with Crippen LogP contribution < -0.4 is 22.9 Å². The molecule has 0 atom stereocenters. The minimum atomic E-state index is -0.0628. The van der Waals surface area contributed by atoms with Crippen LogP contribution in [0.1, 0.15) is 123 Å². The van der Waals surface area contributed by atoms with Gasteiger partial charge in [0.1, 0.15) is 11.5 Å². The number of nitrogen functional groups attached to an aromatic ring is 1. The van der Waals surface area contributed by atoms with E-state index in [0.29, 0.717) is 12.3 Å². The summed E-state index contributed by atoms with van der Waals surface area (Å²) >= 11 is 0. The second-order valence-corrected chi connectivity index (χ2v) is 9.60. The van der Waals surface area contributed by atoms with Crippen molar-refractivity contribution in [2.24, 2.45) is 0 Å². The number of aromatic hydroxyl groups is 1. The van der Waals surface area contributed by atoms with Crippen molar-refractivity contribution in [1.82, 2.24) is 0 Å². The lowest BCUT2D eigenvalue weighted by Gasteiger charge is -2.23. The molecule has 0 fully saturated rings. The quantitative estimate of drug-likeness (QED) is 0.212. The van der Waals surface area contributed by atoms with E-state index >= 15 is 0 Å². The van der Waals surface area contributed by atoms with Crippen LogP contribution in [0.2, 0.25) is 0 Å². The van der Waals surface area contributed by atoms with E-state index in [4.69, 9.17) is 10.5 Å². The number of nitrogens with two attached hydrogens (primary N) is 1. The first-order valence-electron chi connectivity index (χ1n) is 12.1. The molecule has 3 nitrogen and oxygen atoms in total. The highest BCUT2D eigenvalue weighted by Gasteiger charge is 2.21. The summed E-state index contributed by atoms with van der Waals surface area (Å²) in [6.07, 6.45) is 19.0. The highest BCUT2D eigenvalue weighted by Crippen LogP contribution is 2.37. The lowest BCUT2D eigenvalue weighted by atomic mass is 9.86. The molecule has 0 radical (unpaired) electrons. The van der Waals surface area contributed by atoms with Gasteiger partial charge in [-0.3, -0.25) is 0 Å². The van der Waals surface area contributed by atoms with Crippen LogP contribution in [-0.2, 0) is 5.41 Å². The molecule has 1 aromatic carbocycles. The Morgan fingerprint density at radius 1 is 0.767 bits per heavy atom. The predicted molar refractivity (Wildman–Crippen MR) is 127 cm³/mol. The van der Waals surface area contributed by atoms with Gasteiger partial charge in [0.05, 0.1) is 12.3 Å². The van der Waals surface area contributed by atoms with Gasteiger partial charge in [-0.25, -0.2) is 0 Å². The van der Waals surface area contributed by atoms with Gasteiger partial charge in [0, 0.05) is 11.6 Å². The van der Waals surface area contributed by atoms with E-state index in [-0.39, 0.29) is 23.6 Å². The normalized spacial score (nSPS) is 11.3.